The van der Waals surface area contributed by atoms with Crippen molar-refractivity contribution in [3.63, 3.8) is 0 Å². The highest BCUT2D eigenvalue weighted by atomic mass is 15.2. The van der Waals surface area contributed by atoms with E-state index < -0.39 is 0 Å². The highest BCUT2D eigenvalue weighted by Gasteiger charge is 2.27. The Morgan fingerprint density at radius 2 is 2.10 bits per heavy atom. The van der Waals surface area contributed by atoms with Gasteiger partial charge in [-0.3, -0.25) is 0 Å². The van der Waals surface area contributed by atoms with E-state index in [1.165, 1.54) is 12.0 Å². The fourth-order valence-corrected chi connectivity index (χ4v) is 3.04. The van der Waals surface area contributed by atoms with Crippen LogP contribution >= 0.6 is 0 Å². The molecule has 0 aromatic carbocycles. The van der Waals surface area contributed by atoms with Gasteiger partial charge in [0.1, 0.15) is 5.82 Å². The average molecular weight is 275 g/mol. The molecule has 0 radical (unpaired) electrons. The zero-order chi connectivity index (χ0) is 14.7. The maximum Gasteiger partial charge on any atom is 0.129 e. The first-order valence-electron chi connectivity index (χ1n) is 7.91. The number of nitrogens with zero attached hydrogens (tertiary/aromatic N) is 2. The van der Waals surface area contributed by atoms with Crippen LogP contribution in [0.5, 0.6) is 0 Å². The summed E-state index contributed by atoms with van der Waals surface area (Å²) in [6.07, 6.45) is 1.28. The van der Waals surface area contributed by atoms with Crippen molar-refractivity contribution in [2.45, 2.75) is 53.6 Å². The van der Waals surface area contributed by atoms with Crippen LogP contribution < -0.4 is 10.2 Å². The van der Waals surface area contributed by atoms with E-state index >= 15 is 0 Å². The zero-order valence-electron chi connectivity index (χ0n) is 13.6. The quantitative estimate of drug-likeness (QED) is 0.893. The van der Waals surface area contributed by atoms with E-state index in [2.05, 4.69) is 57.0 Å². The summed E-state index contributed by atoms with van der Waals surface area (Å²) in [5.74, 6) is 2.61. The van der Waals surface area contributed by atoms with Crippen molar-refractivity contribution in [3.05, 3.63) is 23.4 Å². The monoisotopic (exact) mass is 275 g/mol. The Bertz CT molecular complexity index is 442. The first kappa shape index (κ1) is 15.3. The summed E-state index contributed by atoms with van der Waals surface area (Å²) in [5.41, 5.74) is 2.47. The molecule has 0 spiro atoms. The third-order valence-corrected chi connectivity index (χ3v) is 4.13. The number of anilines is 1. The molecule has 0 bridgehead atoms. The number of aromatic nitrogens is 1. The molecule has 112 valence electrons. The molecule has 1 saturated heterocycles. The minimum absolute atomic E-state index is 0.613. The van der Waals surface area contributed by atoms with Gasteiger partial charge in [-0.05, 0) is 50.3 Å². The number of aryl methyl sites for hydroxylation is 1. The molecule has 20 heavy (non-hydrogen) atoms. The Morgan fingerprint density at radius 1 is 1.35 bits per heavy atom. The van der Waals surface area contributed by atoms with Crippen molar-refractivity contribution in [1.29, 1.82) is 0 Å². The van der Waals surface area contributed by atoms with Crippen molar-refractivity contribution in [1.82, 2.24) is 10.3 Å². The van der Waals surface area contributed by atoms with E-state index in [1.54, 1.807) is 0 Å². The van der Waals surface area contributed by atoms with Gasteiger partial charge in [-0.2, -0.15) is 0 Å². The van der Waals surface area contributed by atoms with Crippen LogP contribution in [0.25, 0.3) is 0 Å². The van der Waals surface area contributed by atoms with Gasteiger partial charge in [0.25, 0.3) is 0 Å². The molecule has 2 heterocycles. The van der Waals surface area contributed by atoms with E-state index in [4.69, 9.17) is 4.98 Å². The van der Waals surface area contributed by atoms with Gasteiger partial charge in [-0.15, -0.1) is 0 Å². The van der Waals surface area contributed by atoms with E-state index in [-0.39, 0.29) is 0 Å². The van der Waals surface area contributed by atoms with Crippen LogP contribution in [0.4, 0.5) is 5.82 Å². The van der Waals surface area contributed by atoms with Crippen LogP contribution in [0, 0.1) is 18.8 Å². The summed E-state index contributed by atoms with van der Waals surface area (Å²) in [6.45, 7) is 14.3. The molecular formula is C17H29N3. The van der Waals surface area contributed by atoms with Crippen molar-refractivity contribution in [2.75, 3.05) is 18.0 Å². The second-order valence-electron chi connectivity index (χ2n) is 6.78. The first-order chi connectivity index (χ1) is 9.47. The van der Waals surface area contributed by atoms with Gasteiger partial charge >= 0.3 is 0 Å². The zero-order valence-corrected chi connectivity index (χ0v) is 13.6. The van der Waals surface area contributed by atoms with E-state index in [9.17, 15) is 0 Å². The summed E-state index contributed by atoms with van der Waals surface area (Å²) in [6, 6.07) is 5.04. The average Bonchev–Trinajstić information content (AvgIpc) is 2.70. The normalized spacial score (nSPS) is 22.8. The van der Waals surface area contributed by atoms with Gasteiger partial charge in [0.05, 0.1) is 0 Å². The van der Waals surface area contributed by atoms with Gasteiger partial charge in [-0.1, -0.05) is 26.8 Å². The fraction of sp³-hybridized carbons (Fsp3) is 0.706. The van der Waals surface area contributed by atoms with Crippen molar-refractivity contribution in [2.24, 2.45) is 11.8 Å². The Kier molecular flexibility index (Phi) is 5.03. The van der Waals surface area contributed by atoms with Crippen LogP contribution in [0.15, 0.2) is 12.1 Å². The lowest BCUT2D eigenvalue weighted by molar-refractivity contribution is 0.551. The molecule has 1 aromatic heterocycles. The fourth-order valence-electron chi connectivity index (χ4n) is 3.04. The molecule has 0 aliphatic carbocycles. The molecular weight excluding hydrogens is 246 g/mol. The third kappa shape index (κ3) is 3.72. The lowest BCUT2D eigenvalue weighted by Crippen LogP contribution is -2.28. The molecule has 0 amide bonds. The smallest absolute Gasteiger partial charge is 0.129 e. The van der Waals surface area contributed by atoms with E-state index in [1.807, 2.05) is 0 Å². The number of hydrogen-bond donors (Lipinski definition) is 1. The Balaban J connectivity index is 2.02. The largest absolute Gasteiger partial charge is 0.354 e. The Morgan fingerprint density at radius 3 is 2.65 bits per heavy atom. The molecule has 1 aromatic rings. The summed E-state index contributed by atoms with van der Waals surface area (Å²) >= 11 is 0. The molecule has 0 saturated carbocycles. The molecule has 1 N–H and O–H groups in total. The third-order valence-electron chi connectivity index (χ3n) is 4.13. The minimum atomic E-state index is 0.613. The van der Waals surface area contributed by atoms with Crippen LogP contribution in [0.1, 0.15) is 45.4 Å². The van der Waals surface area contributed by atoms with Gasteiger partial charge in [-0.25, -0.2) is 4.98 Å². The standard InChI is InChI=1S/C17H29N3/c1-12(2)9-18-10-16-6-7-17(19-15(16)5)20-11-13(3)8-14(20)4/h6-7,12-14,18H,8-11H2,1-5H3. The molecule has 3 heteroatoms. The van der Waals surface area contributed by atoms with Gasteiger partial charge in [0, 0.05) is 24.8 Å². The van der Waals surface area contributed by atoms with Crippen molar-refractivity contribution < 1.29 is 0 Å². The highest BCUT2D eigenvalue weighted by molar-refractivity contribution is 5.44. The molecule has 2 unspecified atom stereocenters. The highest BCUT2D eigenvalue weighted by Crippen LogP contribution is 2.27. The van der Waals surface area contributed by atoms with Crippen molar-refractivity contribution in [3.8, 4) is 0 Å². The molecule has 2 atom stereocenters. The number of hydrogen-bond acceptors (Lipinski definition) is 3. The van der Waals surface area contributed by atoms with E-state index in [0.717, 1.165) is 37.1 Å². The molecule has 3 nitrogen and oxygen atoms in total. The lowest BCUT2D eigenvalue weighted by Gasteiger charge is -2.23. The van der Waals surface area contributed by atoms with Crippen molar-refractivity contribution >= 4 is 5.82 Å². The van der Waals surface area contributed by atoms with Gasteiger partial charge < -0.3 is 10.2 Å². The van der Waals surface area contributed by atoms with Crippen LogP contribution in [-0.4, -0.2) is 24.1 Å². The number of pyridine rings is 1. The van der Waals surface area contributed by atoms with Crippen LogP contribution in [0.2, 0.25) is 0 Å². The molecule has 1 aliphatic heterocycles. The van der Waals surface area contributed by atoms with Gasteiger partial charge in [0.2, 0.25) is 0 Å². The summed E-state index contributed by atoms with van der Waals surface area (Å²) in [7, 11) is 0. The Labute approximate surface area is 123 Å². The molecule has 2 rings (SSSR count). The predicted octanol–water partition coefficient (Wildman–Crippen LogP) is 3.37. The van der Waals surface area contributed by atoms with Crippen LogP contribution in [0.3, 0.4) is 0 Å². The first-order valence-corrected chi connectivity index (χ1v) is 7.91. The van der Waals surface area contributed by atoms with Crippen LogP contribution in [-0.2, 0) is 6.54 Å². The summed E-state index contributed by atoms with van der Waals surface area (Å²) < 4.78 is 0. The maximum atomic E-state index is 4.82. The second-order valence-corrected chi connectivity index (χ2v) is 6.78. The topological polar surface area (TPSA) is 28.2 Å². The predicted molar refractivity (Wildman–Crippen MR) is 86.1 cm³/mol. The lowest BCUT2D eigenvalue weighted by atomic mass is 10.1. The number of nitrogens with one attached hydrogen (secondary N) is 1. The van der Waals surface area contributed by atoms with E-state index in [0.29, 0.717) is 12.0 Å². The SMILES string of the molecule is Cc1nc(N2CC(C)CC2C)ccc1CNCC(C)C. The summed E-state index contributed by atoms with van der Waals surface area (Å²) in [5, 5.41) is 3.49. The number of rotatable bonds is 5. The second kappa shape index (κ2) is 6.57. The molecule has 1 aliphatic rings. The summed E-state index contributed by atoms with van der Waals surface area (Å²) in [4.78, 5) is 7.27. The van der Waals surface area contributed by atoms with Gasteiger partial charge in [0.15, 0.2) is 0 Å². The minimum Gasteiger partial charge on any atom is -0.354 e. The Hall–Kier alpha value is -1.09. The molecule has 1 fully saturated rings. The maximum absolute atomic E-state index is 4.82.